The van der Waals surface area contributed by atoms with E-state index >= 15 is 0 Å². The second-order valence-corrected chi connectivity index (χ2v) is 13.2. The molecule has 0 spiro atoms. The third-order valence-electron chi connectivity index (χ3n) is 8.68. The molecule has 0 radical (unpaired) electrons. The van der Waals surface area contributed by atoms with Gasteiger partial charge < -0.3 is 36.8 Å². The third kappa shape index (κ3) is 5.43. The number of aliphatic hydroxyl groups is 1. The Morgan fingerprint density at radius 3 is 2.77 bits per heavy atom. The van der Waals surface area contributed by atoms with E-state index in [1.807, 2.05) is 0 Å². The number of aliphatic hydroxyl groups excluding tert-OH is 1. The lowest BCUT2D eigenvalue weighted by molar-refractivity contribution is -0.150. The molecule has 6 heterocycles. The standard InChI is InChI=1S/C26H32N8O7S2/c27-26-30-16(10-43-26)17(32-41)21(36)31-18-23(38)34-19(25(39)40)12(9-42-24(18)34)6-11-3-5-33(22(11)37)13-7-15(29-8-13)20(35)14-2-1-4-28-14/h6,10,13-15,17-18,20,24,28-29,35H,1-5,7-9H2,(H2,27,30)(H,31,36)(H,39,40). The molecule has 0 saturated carbocycles. The maximum Gasteiger partial charge on any atom is 0.352 e. The number of carboxylic acids is 1. The van der Waals surface area contributed by atoms with Crippen LogP contribution in [-0.2, 0) is 19.2 Å². The number of nitroso groups, excluding NO2 is 1. The number of β-lactam (4-membered cyclic amide) rings is 1. The van der Waals surface area contributed by atoms with E-state index in [-0.39, 0.29) is 46.3 Å². The van der Waals surface area contributed by atoms with E-state index in [2.05, 4.69) is 26.1 Å². The summed E-state index contributed by atoms with van der Waals surface area (Å²) in [7, 11) is 0. The predicted octanol–water partition coefficient (Wildman–Crippen LogP) is -0.726. The summed E-state index contributed by atoms with van der Waals surface area (Å²) in [6.45, 7) is 1.95. The van der Waals surface area contributed by atoms with E-state index in [1.165, 1.54) is 17.1 Å². The number of fused-ring (bicyclic) bond motifs is 1. The Morgan fingerprint density at radius 2 is 2.09 bits per heavy atom. The zero-order valence-electron chi connectivity index (χ0n) is 23.0. The highest BCUT2D eigenvalue weighted by molar-refractivity contribution is 8.00. The van der Waals surface area contributed by atoms with Crippen molar-refractivity contribution in [2.75, 3.05) is 31.1 Å². The van der Waals surface area contributed by atoms with Crippen LogP contribution in [0.25, 0.3) is 0 Å². The second kappa shape index (κ2) is 12.0. The van der Waals surface area contributed by atoms with Gasteiger partial charge in [0.1, 0.15) is 17.1 Å². The smallest absolute Gasteiger partial charge is 0.352 e. The number of hydrogen-bond donors (Lipinski definition) is 6. The van der Waals surface area contributed by atoms with Crippen molar-refractivity contribution in [3.8, 4) is 0 Å². The molecule has 4 saturated heterocycles. The number of anilines is 1. The fourth-order valence-corrected chi connectivity index (χ4v) is 8.39. The number of carbonyl (C=O) groups excluding carboxylic acids is 3. The first kappa shape index (κ1) is 29.7. The third-order valence-corrected chi connectivity index (χ3v) is 10.7. The molecule has 4 fully saturated rings. The zero-order chi connectivity index (χ0) is 30.4. The van der Waals surface area contributed by atoms with E-state index in [0.29, 0.717) is 37.1 Å². The van der Waals surface area contributed by atoms with Crippen molar-refractivity contribution in [1.29, 1.82) is 0 Å². The highest BCUT2D eigenvalue weighted by Crippen LogP contribution is 2.42. The molecular formula is C26H32N8O7S2. The Morgan fingerprint density at radius 1 is 1.28 bits per heavy atom. The van der Waals surface area contributed by atoms with Gasteiger partial charge in [0.25, 0.3) is 11.8 Å². The number of nitrogen functional groups attached to an aromatic ring is 1. The van der Waals surface area contributed by atoms with Gasteiger partial charge in [-0.3, -0.25) is 19.3 Å². The molecule has 15 nitrogen and oxygen atoms in total. The van der Waals surface area contributed by atoms with Gasteiger partial charge in [-0.25, -0.2) is 9.78 Å². The number of hydrogen-bond acceptors (Lipinski definition) is 13. The van der Waals surface area contributed by atoms with E-state index in [1.54, 1.807) is 11.0 Å². The normalized spacial score (nSPS) is 31.3. The molecule has 43 heavy (non-hydrogen) atoms. The molecular weight excluding hydrogens is 600 g/mol. The Kier molecular flexibility index (Phi) is 8.25. The van der Waals surface area contributed by atoms with Crippen LogP contribution in [0.5, 0.6) is 0 Å². The molecule has 6 rings (SSSR count). The first-order chi connectivity index (χ1) is 20.7. The van der Waals surface area contributed by atoms with Gasteiger partial charge in [-0.2, -0.15) is 0 Å². The number of likely N-dealkylation sites (tertiary alicyclic amines) is 1. The Labute approximate surface area is 254 Å². The first-order valence-corrected chi connectivity index (χ1v) is 16.0. The molecule has 1 aromatic heterocycles. The summed E-state index contributed by atoms with van der Waals surface area (Å²) in [5.74, 6) is -2.77. The molecule has 0 aromatic carbocycles. The molecule has 1 aromatic rings. The second-order valence-electron chi connectivity index (χ2n) is 11.2. The molecule has 3 amide bonds. The van der Waals surface area contributed by atoms with Crippen LogP contribution in [0.2, 0.25) is 0 Å². The van der Waals surface area contributed by atoms with Gasteiger partial charge in [-0.15, -0.1) is 28.0 Å². The summed E-state index contributed by atoms with van der Waals surface area (Å²) in [5, 5.41) is 33.7. The Balaban J connectivity index is 1.13. The molecule has 7 unspecified atom stereocenters. The fraction of sp³-hybridized carbons (Fsp3) is 0.577. The van der Waals surface area contributed by atoms with Crippen LogP contribution in [0.1, 0.15) is 37.4 Å². The summed E-state index contributed by atoms with van der Waals surface area (Å²) >= 11 is 2.30. The van der Waals surface area contributed by atoms with E-state index in [9.17, 15) is 34.3 Å². The quantitative estimate of drug-likeness (QED) is 0.113. The van der Waals surface area contributed by atoms with Gasteiger partial charge in [0.15, 0.2) is 5.13 Å². The maximum absolute atomic E-state index is 13.4. The van der Waals surface area contributed by atoms with Gasteiger partial charge in [0.05, 0.1) is 11.8 Å². The zero-order valence-corrected chi connectivity index (χ0v) is 24.6. The number of thioether (sulfide) groups is 1. The number of thiazole rings is 1. The summed E-state index contributed by atoms with van der Waals surface area (Å²) in [5.41, 5.74) is 6.23. The number of aliphatic carboxylic acids is 1. The summed E-state index contributed by atoms with van der Waals surface area (Å²) in [6, 6.07) is -2.69. The minimum atomic E-state index is -1.50. The predicted molar refractivity (Wildman–Crippen MR) is 156 cm³/mol. The number of nitrogens with two attached hydrogens (primary N) is 1. The van der Waals surface area contributed by atoms with Gasteiger partial charge >= 0.3 is 5.97 Å². The lowest BCUT2D eigenvalue weighted by atomic mass is 9.99. The maximum atomic E-state index is 13.4. The van der Waals surface area contributed by atoms with Crippen LogP contribution in [0, 0.1) is 4.91 Å². The minimum absolute atomic E-state index is 0.0487. The molecule has 230 valence electrons. The van der Waals surface area contributed by atoms with Crippen LogP contribution in [0.3, 0.4) is 0 Å². The van der Waals surface area contributed by atoms with E-state index in [0.717, 1.165) is 35.6 Å². The number of nitrogens with zero attached hydrogens (tertiary/aromatic N) is 4. The number of carbonyl (C=O) groups is 4. The molecule has 17 heteroatoms. The Bertz CT molecular complexity index is 1410. The molecule has 7 N–H and O–H groups in total. The van der Waals surface area contributed by atoms with E-state index in [4.69, 9.17) is 5.73 Å². The van der Waals surface area contributed by atoms with Gasteiger partial charge in [0.2, 0.25) is 11.9 Å². The number of rotatable bonds is 9. The lowest BCUT2D eigenvalue weighted by Gasteiger charge is -2.49. The SMILES string of the molecule is Nc1nc(C(N=O)C(=O)NC2C(=O)N3C(C(=O)O)=C(C=C4CCN(C5CNC(C(O)C6CCCN6)C5)C4=O)CSC23)cs1. The average Bonchev–Trinajstić information content (AvgIpc) is 3.81. The van der Waals surface area contributed by atoms with Crippen LogP contribution in [0.4, 0.5) is 5.13 Å². The lowest BCUT2D eigenvalue weighted by Crippen LogP contribution is -2.70. The molecule has 5 aliphatic heterocycles. The monoisotopic (exact) mass is 632 g/mol. The van der Waals surface area contributed by atoms with Gasteiger partial charge in [-0.05, 0) is 49.1 Å². The molecule has 0 bridgehead atoms. The van der Waals surface area contributed by atoms with Crippen LogP contribution >= 0.6 is 23.1 Å². The molecule has 0 aliphatic carbocycles. The van der Waals surface area contributed by atoms with Crippen LogP contribution in [0.15, 0.2) is 33.5 Å². The highest BCUT2D eigenvalue weighted by Gasteiger charge is 2.54. The van der Waals surface area contributed by atoms with Crippen molar-refractivity contribution in [1.82, 2.24) is 30.7 Å². The molecule has 5 aliphatic rings. The summed E-state index contributed by atoms with van der Waals surface area (Å²) in [4.78, 5) is 69.7. The van der Waals surface area contributed by atoms with Crippen molar-refractivity contribution in [3.05, 3.63) is 38.9 Å². The highest BCUT2D eigenvalue weighted by atomic mass is 32.2. The molecule has 7 atom stereocenters. The fourth-order valence-electron chi connectivity index (χ4n) is 6.50. The Hall–Kier alpha value is -3.38. The van der Waals surface area contributed by atoms with Crippen molar-refractivity contribution in [2.45, 2.75) is 67.4 Å². The summed E-state index contributed by atoms with van der Waals surface area (Å²) < 4.78 is 0. The van der Waals surface area contributed by atoms with Crippen molar-refractivity contribution in [3.63, 3.8) is 0 Å². The van der Waals surface area contributed by atoms with E-state index < -0.39 is 41.3 Å². The number of allylic oxidation sites excluding steroid dienone is 1. The van der Waals surface area contributed by atoms with Crippen LogP contribution in [-0.4, -0.2) is 110 Å². The van der Waals surface area contributed by atoms with Crippen molar-refractivity contribution >= 4 is 51.9 Å². The summed E-state index contributed by atoms with van der Waals surface area (Å²) in [6.07, 6.45) is 4.05. The van der Waals surface area contributed by atoms with Crippen LogP contribution < -0.4 is 21.7 Å². The first-order valence-electron chi connectivity index (χ1n) is 14.1. The topological polar surface area (TPSA) is 220 Å². The minimum Gasteiger partial charge on any atom is -0.477 e. The average molecular weight is 633 g/mol. The van der Waals surface area contributed by atoms with Gasteiger partial charge in [0, 0.05) is 47.9 Å². The number of amides is 3. The number of aromatic nitrogens is 1. The largest absolute Gasteiger partial charge is 0.477 e. The number of carboxylic acid groups (broad SMARTS) is 1. The van der Waals surface area contributed by atoms with Gasteiger partial charge in [-0.1, -0.05) is 0 Å². The van der Waals surface area contributed by atoms with Crippen molar-refractivity contribution in [2.24, 2.45) is 5.18 Å². The van der Waals surface area contributed by atoms with Crippen molar-refractivity contribution < 1.29 is 29.4 Å². The number of nitrogens with one attached hydrogen (secondary N) is 3.